The average Bonchev–Trinajstić information content (AvgIpc) is 2.37. The van der Waals surface area contributed by atoms with E-state index in [4.69, 9.17) is 0 Å². The summed E-state index contributed by atoms with van der Waals surface area (Å²) in [4.78, 5) is 2.08. The van der Waals surface area contributed by atoms with Gasteiger partial charge in [-0.2, -0.15) is 0 Å². The van der Waals surface area contributed by atoms with Crippen molar-refractivity contribution in [1.82, 2.24) is 10.2 Å². The number of halogens is 4. The maximum atomic E-state index is 13.5. The SMILES string of the molecule is Cc1c(F)cccc1[C@@H](CF)N1CCNCC1.Cl.Cl. The molecule has 19 heavy (non-hydrogen) atoms. The molecule has 0 spiro atoms. The molecule has 1 aromatic carbocycles. The summed E-state index contributed by atoms with van der Waals surface area (Å²) in [6.45, 7) is 4.60. The Bertz CT molecular complexity index is 385. The van der Waals surface area contributed by atoms with E-state index < -0.39 is 6.67 Å². The highest BCUT2D eigenvalue weighted by molar-refractivity contribution is 5.85. The summed E-state index contributed by atoms with van der Waals surface area (Å²) in [5.74, 6) is -0.254. The first-order valence-electron chi connectivity index (χ1n) is 5.99. The molecule has 1 heterocycles. The summed E-state index contributed by atoms with van der Waals surface area (Å²) >= 11 is 0. The van der Waals surface area contributed by atoms with E-state index in [1.165, 1.54) is 6.07 Å². The van der Waals surface area contributed by atoms with E-state index in [0.717, 1.165) is 31.7 Å². The minimum Gasteiger partial charge on any atom is -0.314 e. The lowest BCUT2D eigenvalue weighted by Crippen LogP contribution is -2.45. The van der Waals surface area contributed by atoms with Crippen molar-refractivity contribution in [3.05, 3.63) is 35.1 Å². The van der Waals surface area contributed by atoms with Gasteiger partial charge in [0.25, 0.3) is 0 Å². The minimum absolute atomic E-state index is 0. The number of piperazine rings is 1. The van der Waals surface area contributed by atoms with Crippen molar-refractivity contribution in [2.75, 3.05) is 32.9 Å². The molecule has 0 bridgehead atoms. The lowest BCUT2D eigenvalue weighted by Gasteiger charge is -2.34. The zero-order valence-electron chi connectivity index (χ0n) is 10.9. The molecule has 1 aliphatic rings. The third-order valence-corrected chi connectivity index (χ3v) is 3.41. The molecule has 110 valence electrons. The maximum absolute atomic E-state index is 13.5. The van der Waals surface area contributed by atoms with Crippen molar-refractivity contribution in [3.63, 3.8) is 0 Å². The fourth-order valence-corrected chi connectivity index (χ4v) is 2.36. The lowest BCUT2D eigenvalue weighted by atomic mass is 10.00. The van der Waals surface area contributed by atoms with Crippen molar-refractivity contribution in [2.24, 2.45) is 0 Å². The fraction of sp³-hybridized carbons (Fsp3) is 0.538. The van der Waals surface area contributed by atoms with E-state index in [1.807, 2.05) is 6.07 Å². The quantitative estimate of drug-likeness (QED) is 0.923. The predicted molar refractivity (Wildman–Crippen MR) is 78.8 cm³/mol. The van der Waals surface area contributed by atoms with Crippen molar-refractivity contribution in [3.8, 4) is 0 Å². The molecule has 0 unspecified atom stereocenters. The topological polar surface area (TPSA) is 15.3 Å². The molecule has 2 rings (SSSR count). The van der Waals surface area contributed by atoms with Gasteiger partial charge in [-0.3, -0.25) is 4.90 Å². The number of alkyl halides is 1. The monoisotopic (exact) mass is 312 g/mol. The van der Waals surface area contributed by atoms with Crippen molar-refractivity contribution < 1.29 is 8.78 Å². The van der Waals surface area contributed by atoms with Crippen molar-refractivity contribution in [2.45, 2.75) is 13.0 Å². The molecule has 1 aromatic rings. The smallest absolute Gasteiger partial charge is 0.126 e. The number of rotatable bonds is 3. The Labute approximate surface area is 125 Å². The maximum Gasteiger partial charge on any atom is 0.126 e. The summed E-state index contributed by atoms with van der Waals surface area (Å²) in [5, 5.41) is 3.23. The molecule has 1 fully saturated rings. The fourth-order valence-electron chi connectivity index (χ4n) is 2.36. The van der Waals surface area contributed by atoms with Crippen LogP contribution in [-0.4, -0.2) is 37.8 Å². The van der Waals surface area contributed by atoms with Gasteiger partial charge in [0, 0.05) is 26.2 Å². The average molecular weight is 313 g/mol. The van der Waals surface area contributed by atoms with Gasteiger partial charge in [-0.15, -0.1) is 24.8 Å². The Morgan fingerprint density at radius 2 is 1.89 bits per heavy atom. The van der Waals surface area contributed by atoms with Gasteiger partial charge in [0.05, 0.1) is 6.04 Å². The third-order valence-electron chi connectivity index (χ3n) is 3.41. The second-order valence-electron chi connectivity index (χ2n) is 4.41. The predicted octanol–water partition coefficient (Wildman–Crippen LogP) is 2.89. The van der Waals surface area contributed by atoms with Crippen LogP contribution in [0.3, 0.4) is 0 Å². The normalized spacial score (nSPS) is 17.2. The molecule has 6 heteroatoms. The van der Waals surface area contributed by atoms with E-state index in [9.17, 15) is 8.78 Å². The van der Waals surface area contributed by atoms with Crippen LogP contribution in [0, 0.1) is 12.7 Å². The Hall–Kier alpha value is -0.420. The van der Waals surface area contributed by atoms with Crippen LogP contribution in [0.5, 0.6) is 0 Å². The molecular weight excluding hydrogens is 293 g/mol. The first kappa shape index (κ1) is 18.6. The van der Waals surface area contributed by atoms with Crippen molar-refractivity contribution in [1.29, 1.82) is 0 Å². The lowest BCUT2D eigenvalue weighted by molar-refractivity contribution is 0.147. The Balaban J connectivity index is 0.00000162. The van der Waals surface area contributed by atoms with Gasteiger partial charge in [0.1, 0.15) is 12.5 Å². The molecule has 1 saturated heterocycles. The van der Waals surface area contributed by atoms with E-state index in [0.29, 0.717) is 5.56 Å². The summed E-state index contributed by atoms with van der Waals surface area (Å²) in [6, 6.07) is 4.59. The summed E-state index contributed by atoms with van der Waals surface area (Å²) < 4.78 is 26.7. The second kappa shape index (κ2) is 8.69. The molecule has 2 nitrogen and oxygen atoms in total. The highest BCUT2D eigenvalue weighted by Crippen LogP contribution is 2.26. The van der Waals surface area contributed by atoms with Crippen LogP contribution in [0.2, 0.25) is 0 Å². The van der Waals surface area contributed by atoms with Gasteiger partial charge < -0.3 is 5.32 Å². The molecule has 0 radical (unpaired) electrons. The Kier molecular flexibility index (Phi) is 8.50. The summed E-state index contributed by atoms with van der Waals surface area (Å²) in [7, 11) is 0. The summed E-state index contributed by atoms with van der Waals surface area (Å²) in [6.07, 6.45) is 0. The van der Waals surface area contributed by atoms with Crippen LogP contribution in [0.4, 0.5) is 8.78 Å². The molecule has 1 N–H and O–H groups in total. The van der Waals surface area contributed by atoms with E-state index in [2.05, 4.69) is 10.2 Å². The number of hydrogen-bond donors (Lipinski definition) is 1. The zero-order chi connectivity index (χ0) is 12.3. The largest absolute Gasteiger partial charge is 0.314 e. The van der Waals surface area contributed by atoms with Crippen LogP contribution < -0.4 is 5.32 Å². The minimum atomic E-state index is -0.468. The highest BCUT2D eigenvalue weighted by Gasteiger charge is 2.24. The number of nitrogens with zero attached hydrogens (tertiary/aromatic N) is 1. The zero-order valence-corrected chi connectivity index (χ0v) is 12.5. The summed E-state index contributed by atoms with van der Waals surface area (Å²) in [5.41, 5.74) is 1.34. The number of benzene rings is 1. The molecule has 0 aliphatic carbocycles. The van der Waals surface area contributed by atoms with Gasteiger partial charge in [-0.1, -0.05) is 12.1 Å². The van der Waals surface area contributed by atoms with Crippen LogP contribution in [-0.2, 0) is 0 Å². The van der Waals surface area contributed by atoms with Gasteiger partial charge in [0.15, 0.2) is 0 Å². The first-order valence-corrected chi connectivity index (χ1v) is 5.99. The standard InChI is InChI=1S/C13H18F2N2.2ClH/c1-10-11(3-2-4-12(10)15)13(9-14)17-7-5-16-6-8-17;;/h2-4,13,16H,5-9H2,1H3;2*1H/t13-;;/m1../s1. The number of nitrogens with one attached hydrogen (secondary N) is 1. The van der Waals surface area contributed by atoms with E-state index >= 15 is 0 Å². The number of hydrogen-bond acceptors (Lipinski definition) is 2. The molecule has 0 saturated carbocycles. The third kappa shape index (κ3) is 4.28. The van der Waals surface area contributed by atoms with Crippen LogP contribution in [0.1, 0.15) is 17.2 Å². The second-order valence-corrected chi connectivity index (χ2v) is 4.41. The van der Waals surface area contributed by atoms with Gasteiger partial charge >= 0.3 is 0 Å². The Morgan fingerprint density at radius 3 is 2.47 bits per heavy atom. The highest BCUT2D eigenvalue weighted by atomic mass is 35.5. The molecule has 1 atom stereocenters. The molecule has 0 amide bonds. The molecule has 1 aliphatic heterocycles. The van der Waals surface area contributed by atoms with E-state index in [-0.39, 0.29) is 36.7 Å². The van der Waals surface area contributed by atoms with Crippen LogP contribution in [0.15, 0.2) is 18.2 Å². The van der Waals surface area contributed by atoms with Crippen LogP contribution in [0.25, 0.3) is 0 Å². The Morgan fingerprint density at radius 1 is 1.26 bits per heavy atom. The molecular formula is C13H20Cl2F2N2. The van der Waals surface area contributed by atoms with Crippen molar-refractivity contribution >= 4 is 24.8 Å². The van der Waals surface area contributed by atoms with Crippen LogP contribution >= 0.6 is 24.8 Å². The molecule has 0 aromatic heterocycles. The van der Waals surface area contributed by atoms with E-state index in [1.54, 1.807) is 13.0 Å². The van der Waals surface area contributed by atoms with Gasteiger partial charge in [-0.05, 0) is 24.1 Å². The van der Waals surface area contributed by atoms with Gasteiger partial charge in [0.2, 0.25) is 0 Å². The van der Waals surface area contributed by atoms with Gasteiger partial charge in [-0.25, -0.2) is 8.78 Å². The first-order chi connectivity index (χ1) is 8.24.